The molecule has 0 radical (unpaired) electrons. The minimum Gasteiger partial charge on any atom is -0.493 e. The smallest absolute Gasteiger partial charge is 0.161 e. The summed E-state index contributed by atoms with van der Waals surface area (Å²) >= 11 is 0. The first-order chi connectivity index (χ1) is 10.6. The first-order valence-electron chi connectivity index (χ1n) is 7.86. The van der Waals surface area contributed by atoms with E-state index in [2.05, 4.69) is 18.4 Å². The third-order valence-corrected chi connectivity index (χ3v) is 3.57. The number of hydrogen-bond acceptors (Lipinski definition) is 4. The van der Waals surface area contributed by atoms with E-state index in [-0.39, 0.29) is 6.10 Å². The summed E-state index contributed by atoms with van der Waals surface area (Å²) in [5.41, 5.74) is 1.15. The maximum Gasteiger partial charge on any atom is 0.161 e. The van der Waals surface area contributed by atoms with Crippen LogP contribution in [0.2, 0.25) is 0 Å². The number of nitrogens with zero attached hydrogens (tertiary/aromatic N) is 1. The van der Waals surface area contributed by atoms with Crippen LogP contribution in [0.1, 0.15) is 31.7 Å². The Kier molecular flexibility index (Phi) is 8.63. The molecule has 0 aliphatic rings. The van der Waals surface area contributed by atoms with E-state index in [0.29, 0.717) is 6.54 Å². The second-order valence-corrected chi connectivity index (χ2v) is 5.44. The molecule has 0 amide bonds. The molecule has 22 heavy (non-hydrogen) atoms. The van der Waals surface area contributed by atoms with Crippen molar-refractivity contribution < 1.29 is 14.6 Å². The number of methoxy groups -OCH3 is 2. The molecule has 4 nitrogen and oxygen atoms in total. The van der Waals surface area contributed by atoms with Gasteiger partial charge in [0, 0.05) is 13.1 Å². The normalized spacial score (nSPS) is 12.2. The van der Waals surface area contributed by atoms with Crippen LogP contribution in [0.3, 0.4) is 0 Å². The molecule has 1 atom stereocenters. The Balaban J connectivity index is 2.71. The fourth-order valence-electron chi connectivity index (χ4n) is 2.49. The maximum absolute atomic E-state index is 10.1. The van der Waals surface area contributed by atoms with E-state index in [1.807, 2.05) is 24.3 Å². The quantitative estimate of drug-likeness (QED) is 0.637. The molecule has 1 rings (SSSR count). The number of hydrogen-bond donors (Lipinski definition) is 1. The molecule has 0 aliphatic carbocycles. The highest BCUT2D eigenvalue weighted by molar-refractivity contribution is 5.42. The van der Waals surface area contributed by atoms with Gasteiger partial charge in [-0.25, -0.2) is 0 Å². The highest BCUT2D eigenvalue weighted by Crippen LogP contribution is 2.28. The second-order valence-electron chi connectivity index (χ2n) is 5.44. The number of benzene rings is 1. The summed E-state index contributed by atoms with van der Waals surface area (Å²) in [6.45, 7) is 8.28. The van der Waals surface area contributed by atoms with Gasteiger partial charge in [0.1, 0.15) is 0 Å². The Bertz CT molecular complexity index is 448. The van der Waals surface area contributed by atoms with Crippen molar-refractivity contribution in [1.82, 2.24) is 4.90 Å². The molecule has 1 N–H and O–H groups in total. The zero-order chi connectivity index (χ0) is 16.4. The largest absolute Gasteiger partial charge is 0.493 e. The summed E-state index contributed by atoms with van der Waals surface area (Å²) in [6, 6.07) is 5.96. The van der Waals surface area contributed by atoms with Crippen molar-refractivity contribution in [2.75, 3.05) is 27.3 Å². The van der Waals surface area contributed by atoms with Gasteiger partial charge in [0.15, 0.2) is 11.5 Å². The molecule has 0 heterocycles. The highest BCUT2D eigenvalue weighted by atomic mass is 16.5. The van der Waals surface area contributed by atoms with Gasteiger partial charge in [0.05, 0.1) is 20.3 Å². The van der Waals surface area contributed by atoms with Gasteiger partial charge in [-0.15, -0.1) is 6.58 Å². The van der Waals surface area contributed by atoms with E-state index in [1.54, 1.807) is 14.2 Å². The van der Waals surface area contributed by atoms with E-state index in [9.17, 15) is 5.11 Å². The zero-order valence-electron chi connectivity index (χ0n) is 14.0. The Hall–Kier alpha value is -1.52. The Morgan fingerprint density at radius 2 is 2.00 bits per heavy atom. The summed E-state index contributed by atoms with van der Waals surface area (Å²) in [6.07, 6.45) is 4.20. The van der Waals surface area contributed by atoms with Crippen LogP contribution in [-0.2, 0) is 6.54 Å². The van der Waals surface area contributed by atoms with Crippen LogP contribution in [-0.4, -0.2) is 43.4 Å². The van der Waals surface area contributed by atoms with Crippen molar-refractivity contribution in [3.63, 3.8) is 0 Å². The SMILES string of the molecule is C=CCC[C@@H](O)CN(CCC)Cc1ccc(OC)c(OC)c1. The van der Waals surface area contributed by atoms with Gasteiger partial charge in [0.25, 0.3) is 0 Å². The third kappa shape index (κ3) is 6.08. The molecule has 0 aliphatic heterocycles. The van der Waals surface area contributed by atoms with Crippen LogP contribution in [0.15, 0.2) is 30.9 Å². The molecule has 1 aromatic rings. The minimum absolute atomic E-state index is 0.315. The average Bonchev–Trinajstić information content (AvgIpc) is 2.52. The minimum atomic E-state index is -0.315. The molecule has 0 aromatic heterocycles. The first kappa shape index (κ1) is 18.5. The van der Waals surface area contributed by atoms with Gasteiger partial charge in [-0.1, -0.05) is 19.1 Å². The van der Waals surface area contributed by atoms with Crippen molar-refractivity contribution in [3.05, 3.63) is 36.4 Å². The third-order valence-electron chi connectivity index (χ3n) is 3.57. The standard InChI is InChI=1S/C18H29NO3/c1-5-7-8-16(20)14-19(11-6-2)13-15-9-10-17(21-3)18(12-15)22-4/h5,9-10,12,16,20H,1,6-8,11,13-14H2,2-4H3/t16-/m1/s1. The molecule has 0 unspecified atom stereocenters. The maximum atomic E-state index is 10.1. The lowest BCUT2D eigenvalue weighted by atomic mass is 10.1. The molecule has 1 aromatic carbocycles. The van der Waals surface area contributed by atoms with Gasteiger partial charge < -0.3 is 14.6 Å². The van der Waals surface area contributed by atoms with Crippen molar-refractivity contribution in [3.8, 4) is 11.5 Å². The molecule has 0 spiro atoms. The van der Waals surface area contributed by atoms with Crippen LogP contribution in [0.4, 0.5) is 0 Å². The first-order valence-corrected chi connectivity index (χ1v) is 7.86. The number of allylic oxidation sites excluding steroid dienone is 1. The lowest BCUT2D eigenvalue weighted by Crippen LogP contribution is -2.32. The number of aliphatic hydroxyl groups is 1. The van der Waals surface area contributed by atoms with Crippen molar-refractivity contribution in [2.45, 2.75) is 38.8 Å². The lowest BCUT2D eigenvalue weighted by Gasteiger charge is -2.25. The Morgan fingerprint density at radius 3 is 2.59 bits per heavy atom. The topological polar surface area (TPSA) is 41.9 Å². The van der Waals surface area contributed by atoms with Gasteiger partial charge in [-0.3, -0.25) is 4.90 Å². The summed E-state index contributed by atoms with van der Waals surface area (Å²) in [4.78, 5) is 2.27. The van der Waals surface area contributed by atoms with E-state index in [1.165, 1.54) is 0 Å². The van der Waals surface area contributed by atoms with Crippen LogP contribution in [0, 0.1) is 0 Å². The van der Waals surface area contributed by atoms with Crippen molar-refractivity contribution in [1.29, 1.82) is 0 Å². The van der Waals surface area contributed by atoms with E-state index in [0.717, 1.165) is 49.4 Å². The fourth-order valence-corrected chi connectivity index (χ4v) is 2.49. The summed E-state index contributed by atoms with van der Waals surface area (Å²) < 4.78 is 10.6. The Morgan fingerprint density at radius 1 is 1.27 bits per heavy atom. The van der Waals surface area contributed by atoms with E-state index < -0.39 is 0 Å². The molecule has 4 heteroatoms. The molecule has 0 saturated carbocycles. The molecule has 0 saturated heterocycles. The molecule has 124 valence electrons. The highest BCUT2D eigenvalue weighted by Gasteiger charge is 2.12. The van der Waals surface area contributed by atoms with E-state index >= 15 is 0 Å². The fraction of sp³-hybridized carbons (Fsp3) is 0.556. The summed E-state index contributed by atoms with van der Waals surface area (Å²) in [5.74, 6) is 1.47. The predicted molar refractivity (Wildman–Crippen MR) is 90.6 cm³/mol. The number of ether oxygens (including phenoxy) is 2. The van der Waals surface area contributed by atoms with Crippen LogP contribution in [0.25, 0.3) is 0 Å². The van der Waals surface area contributed by atoms with Gasteiger partial charge >= 0.3 is 0 Å². The predicted octanol–water partition coefficient (Wildman–Crippen LogP) is 3.24. The Labute approximate surface area is 134 Å². The van der Waals surface area contributed by atoms with Gasteiger partial charge in [-0.2, -0.15) is 0 Å². The number of rotatable bonds is 11. The van der Waals surface area contributed by atoms with Gasteiger partial charge in [-0.05, 0) is 43.5 Å². The molecular formula is C18H29NO3. The molecule has 0 fully saturated rings. The average molecular weight is 307 g/mol. The second kappa shape index (κ2) is 10.2. The molecular weight excluding hydrogens is 278 g/mol. The zero-order valence-corrected chi connectivity index (χ0v) is 14.0. The lowest BCUT2D eigenvalue weighted by molar-refractivity contribution is 0.102. The van der Waals surface area contributed by atoms with Crippen LogP contribution < -0.4 is 9.47 Å². The van der Waals surface area contributed by atoms with Crippen molar-refractivity contribution >= 4 is 0 Å². The summed E-state index contributed by atoms with van der Waals surface area (Å²) in [5, 5.41) is 10.1. The summed E-state index contributed by atoms with van der Waals surface area (Å²) in [7, 11) is 3.28. The monoisotopic (exact) mass is 307 g/mol. The molecule has 0 bridgehead atoms. The van der Waals surface area contributed by atoms with E-state index in [4.69, 9.17) is 9.47 Å². The van der Waals surface area contributed by atoms with Crippen LogP contribution in [0.5, 0.6) is 11.5 Å². The van der Waals surface area contributed by atoms with Crippen LogP contribution >= 0.6 is 0 Å². The number of aliphatic hydroxyl groups excluding tert-OH is 1. The van der Waals surface area contributed by atoms with Gasteiger partial charge in [0.2, 0.25) is 0 Å². The van der Waals surface area contributed by atoms with Crippen molar-refractivity contribution in [2.24, 2.45) is 0 Å².